The maximum atomic E-state index is 11.6. The maximum Gasteiger partial charge on any atom is 0.287 e. The molecule has 5 heteroatoms. The second kappa shape index (κ2) is 5.84. The van der Waals surface area contributed by atoms with Crippen molar-refractivity contribution in [1.82, 2.24) is 5.32 Å². The van der Waals surface area contributed by atoms with Crippen LogP contribution >= 0.6 is 15.9 Å². The average Bonchev–Trinajstić information content (AvgIpc) is 2.85. The van der Waals surface area contributed by atoms with Gasteiger partial charge in [0.05, 0.1) is 6.61 Å². The van der Waals surface area contributed by atoms with Gasteiger partial charge in [-0.3, -0.25) is 4.79 Å². The van der Waals surface area contributed by atoms with Crippen molar-refractivity contribution in [1.29, 1.82) is 0 Å². The van der Waals surface area contributed by atoms with E-state index < -0.39 is 0 Å². The average molecular weight is 310 g/mol. The van der Waals surface area contributed by atoms with Gasteiger partial charge in [0.1, 0.15) is 5.76 Å². The van der Waals surface area contributed by atoms with E-state index in [0.29, 0.717) is 5.76 Å². The van der Waals surface area contributed by atoms with Crippen LogP contribution in [-0.2, 0) is 0 Å². The van der Waals surface area contributed by atoms with Crippen molar-refractivity contribution in [3.05, 3.63) is 46.6 Å². The second-order valence-corrected chi connectivity index (χ2v) is 4.57. The van der Waals surface area contributed by atoms with E-state index in [1.165, 1.54) is 0 Å². The Balaban J connectivity index is 2.17. The Bertz CT molecular complexity index is 551. The standard InChI is InChI=1S/C13H12BrNO3/c14-10-3-1-2-9(8-10)11-4-5-12(18-11)13(17)15-6-7-16/h1-5,8,16H,6-7H2,(H,15,17). The number of carbonyl (C=O) groups is 1. The van der Waals surface area contributed by atoms with Crippen molar-refractivity contribution in [3.63, 3.8) is 0 Å². The number of benzene rings is 1. The fraction of sp³-hybridized carbons (Fsp3) is 0.154. The van der Waals surface area contributed by atoms with Crippen molar-refractivity contribution in [3.8, 4) is 11.3 Å². The lowest BCUT2D eigenvalue weighted by Gasteiger charge is -2.00. The molecule has 0 aliphatic rings. The molecule has 4 nitrogen and oxygen atoms in total. The second-order valence-electron chi connectivity index (χ2n) is 3.65. The summed E-state index contributed by atoms with van der Waals surface area (Å²) in [5, 5.41) is 11.2. The van der Waals surface area contributed by atoms with E-state index in [1.807, 2.05) is 24.3 Å². The van der Waals surface area contributed by atoms with Crippen LogP contribution in [-0.4, -0.2) is 24.2 Å². The molecule has 0 spiro atoms. The van der Waals surface area contributed by atoms with E-state index in [-0.39, 0.29) is 24.8 Å². The molecule has 18 heavy (non-hydrogen) atoms. The molecule has 94 valence electrons. The fourth-order valence-corrected chi connectivity index (χ4v) is 1.91. The van der Waals surface area contributed by atoms with Crippen molar-refractivity contribution < 1.29 is 14.3 Å². The predicted octanol–water partition coefficient (Wildman–Crippen LogP) is 2.43. The van der Waals surface area contributed by atoms with Gasteiger partial charge in [0, 0.05) is 16.6 Å². The van der Waals surface area contributed by atoms with Gasteiger partial charge in [0.15, 0.2) is 5.76 Å². The van der Waals surface area contributed by atoms with Crippen LogP contribution in [0.15, 0.2) is 45.3 Å². The first-order valence-corrected chi connectivity index (χ1v) is 6.25. The molecule has 0 aliphatic carbocycles. The first kappa shape index (κ1) is 12.9. The maximum absolute atomic E-state index is 11.6. The first-order chi connectivity index (χ1) is 8.70. The van der Waals surface area contributed by atoms with Crippen LogP contribution in [0.2, 0.25) is 0 Å². The number of amides is 1. The van der Waals surface area contributed by atoms with Crippen LogP contribution in [0.4, 0.5) is 0 Å². The van der Waals surface area contributed by atoms with E-state index in [0.717, 1.165) is 10.0 Å². The van der Waals surface area contributed by atoms with Crippen molar-refractivity contribution in [2.24, 2.45) is 0 Å². The number of aliphatic hydroxyl groups is 1. The summed E-state index contributed by atoms with van der Waals surface area (Å²) in [6.45, 7) is 0.122. The summed E-state index contributed by atoms with van der Waals surface area (Å²) in [7, 11) is 0. The highest BCUT2D eigenvalue weighted by Crippen LogP contribution is 2.24. The SMILES string of the molecule is O=C(NCCO)c1ccc(-c2cccc(Br)c2)o1. The van der Waals surface area contributed by atoms with Crippen LogP contribution in [0.1, 0.15) is 10.6 Å². The molecule has 2 rings (SSSR count). The zero-order valence-electron chi connectivity index (χ0n) is 9.52. The van der Waals surface area contributed by atoms with Crippen LogP contribution in [0.25, 0.3) is 11.3 Å². The van der Waals surface area contributed by atoms with Gasteiger partial charge in [-0.25, -0.2) is 0 Å². The number of aliphatic hydroxyl groups excluding tert-OH is 1. The molecule has 0 saturated heterocycles. The zero-order chi connectivity index (χ0) is 13.0. The van der Waals surface area contributed by atoms with Crippen LogP contribution in [0.5, 0.6) is 0 Å². The number of hydrogen-bond acceptors (Lipinski definition) is 3. The monoisotopic (exact) mass is 309 g/mol. The molecule has 2 N–H and O–H groups in total. The van der Waals surface area contributed by atoms with Crippen LogP contribution in [0.3, 0.4) is 0 Å². The van der Waals surface area contributed by atoms with E-state index >= 15 is 0 Å². The molecule has 1 heterocycles. The smallest absolute Gasteiger partial charge is 0.287 e. The third kappa shape index (κ3) is 3.00. The molecule has 0 unspecified atom stereocenters. The summed E-state index contributed by atoms with van der Waals surface area (Å²) < 4.78 is 6.42. The number of carbonyl (C=O) groups excluding carboxylic acids is 1. The Morgan fingerprint density at radius 2 is 2.17 bits per heavy atom. The lowest BCUT2D eigenvalue weighted by Crippen LogP contribution is -2.25. The molecule has 0 radical (unpaired) electrons. The summed E-state index contributed by atoms with van der Waals surface area (Å²) in [4.78, 5) is 11.6. The van der Waals surface area contributed by atoms with Crippen LogP contribution in [0, 0.1) is 0 Å². The zero-order valence-corrected chi connectivity index (χ0v) is 11.1. The molecule has 0 atom stereocenters. The Kier molecular flexibility index (Phi) is 4.17. The number of halogens is 1. The Morgan fingerprint density at radius 3 is 2.89 bits per heavy atom. The van der Waals surface area contributed by atoms with Gasteiger partial charge in [0.2, 0.25) is 0 Å². The molecule has 2 aromatic rings. The predicted molar refractivity (Wildman–Crippen MR) is 71.3 cm³/mol. The normalized spacial score (nSPS) is 10.3. The molecule has 1 aromatic heterocycles. The van der Waals surface area contributed by atoms with Gasteiger partial charge in [-0.1, -0.05) is 28.1 Å². The largest absolute Gasteiger partial charge is 0.451 e. The van der Waals surface area contributed by atoms with Gasteiger partial charge in [-0.2, -0.15) is 0 Å². The topological polar surface area (TPSA) is 62.5 Å². The van der Waals surface area contributed by atoms with Gasteiger partial charge in [-0.05, 0) is 24.3 Å². The minimum Gasteiger partial charge on any atom is -0.451 e. The highest BCUT2D eigenvalue weighted by molar-refractivity contribution is 9.10. The molecular formula is C13H12BrNO3. The summed E-state index contributed by atoms with van der Waals surface area (Å²) in [6, 6.07) is 11.0. The Labute approximate surface area is 113 Å². The highest BCUT2D eigenvalue weighted by Gasteiger charge is 2.11. The number of furan rings is 1. The van der Waals surface area contributed by atoms with Crippen molar-refractivity contribution in [2.45, 2.75) is 0 Å². The highest BCUT2D eigenvalue weighted by atomic mass is 79.9. The third-order valence-electron chi connectivity index (χ3n) is 2.34. The Hall–Kier alpha value is -1.59. The third-order valence-corrected chi connectivity index (χ3v) is 2.83. The molecule has 1 aromatic carbocycles. The number of nitrogens with one attached hydrogen (secondary N) is 1. The van der Waals surface area contributed by atoms with Gasteiger partial charge in [0.25, 0.3) is 5.91 Å². The number of rotatable bonds is 4. The van der Waals surface area contributed by atoms with Crippen molar-refractivity contribution in [2.75, 3.05) is 13.2 Å². The van der Waals surface area contributed by atoms with E-state index in [4.69, 9.17) is 9.52 Å². The summed E-state index contributed by atoms with van der Waals surface area (Å²) >= 11 is 3.38. The van der Waals surface area contributed by atoms with Gasteiger partial charge in [-0.15, -0.1) is 0 Å². The number of hydrogen-bond donors (Lipinski definition) is 2. The minimum atomic E-state index is -0.328. The van der Waals surface area contributed by atoms with E-state index in [9.17, 15) is 4.79 Å². The quantitative estimate of drug-likeness (QED) is 0.912. The lowest BCUT2D eigenvalue weighted by atomic mass is 10.2. The van der Waals surface area contributed by atoms with Gasteiger partial charge >= 0.3 is 0 Å². The Morgan fingerprint density at radius 1 is 1.33 bits per heavy atom. The summed E-state index contributed by atoms with van der Waals surface area (Å²) in [5.74, 6) is 0.536. The molecule has 0 aliphatic heterocycles. The van der Waals surface area contributed by atoms with Crippen LogP contribution < -0.4 is 5.32 Å². The van der Waals surface area contributed by atoms with Crippen molar-refractivity contribution >= 4 is 21.8 Å². The van der Waals surface area contributed by atoms with Gasteiger partial charge < -0.3 is 14.8 Å². The lowest BCUT2D eigenvalue weighted by molar-refractivity contribution is 0.0918. The summed E-state index contributed by atoms with van der Waals surface area (Å²) in [5.41, 5.74) is 0.894. The molecule has 0 fully saturated rings. The summed E-state index contributed by atoms with van der Waals surface area (Å²) in [6.07, 6.45) is 0. The van der Waals surface area contributed by atoms with E-state index in [1.54, 1.807) is 12.1 Å². The fourth-order valence-electron chi connectivity index (χ4n) is 1.51. The van der Waals surface area contributed by atoms with E-state index in [2.05, 4.69) is 21.2 Å². The molecule has 0 bridgehead atoms. The minimum absolute atomic E-state index is 0.0923. The first-order valence-electron chi connectivity index (χ1n) is 5.45. The molecule has 0 saturated carbocycles. The molecule has 1 amide bonds. The molecular weight excluding hydrogens is 298 g/mol.